The number of carbonyl (C=O) groups is 1. The topological polar surface area (TPSA) is 32.3 Å². The Morgan fingerprint density at radius 3 is 2.52 bits per heavy atom. The van der Waals surface area contributed by atoms with Gasteiger partial charge in [-0.25, -0.2) is 8.78 Å². The fourth-order valence-corrected chi connectivity index (χ4v) is 2.65. The Labute approximate surface area is 124 Å². The van der Waals surface area contributed by atoms with Gasteiger partial charge >= 0.3 is 0 Å². The molecule has 3 nitrogen and oxygen atoms in total. The van der Waals surface area contributed by atoms with Crippen LogP contribution in [-0.2, 0) is 0 Å². The number of nitrogens with zero attached hydrogens (tertiary/aromatic N) is 1. The molecular weight excluding hydrogens is 274 g/mol. The van der Waals surface area contributed by atoms with Crippen molar-refractivity contribution >= 4 is 11.6 Å². The molecule has 1 heterocycles. The summed E-state index contributed by atoms with van der Waals surface area (Å²) in [5.74, 6) is -1.21. The molecule has 1 fully saturated rings. The number of likely N-dealkylation sites (tertiary alicyclic amines) is 1. The fourth-order valence-electron chi connectivity index (χ4n) is 2.65. The summed E-state index contributed by atoms with van der Waals surface area (Å²) in [6, 6.07) is 2.26. The maximum Gasteiger partial charge on any atom is 0.254 e. The minimum absolute atomic E-state index is 0.0869. The lowest BCUT2D eigenvalue weighted by Gasteiger charge is -2.17. The van der Waals surface area contributed by atoms with Gasteiger partial charge in [-0.05, 0) is 30.9 Å². The summed E-state index contributed by atoms with van der Waals surface area (Å²) < 4.78 is 27.9. The highest BCUT2D eigenvalue weighted by Gasteiger charge is 2.27. The lowest BCUT2D eigenvalue weighted by atomic mass is 10.1. The third-order valence-corrected chi connectivity index (χ3v) is 3.99. The molecule has 116 valence electrons. The third kappa shape index (κ3) is 3.52. The van der Waals surface area contributed by atoms with E-state index in [4.69, 9.17) is 0 Å². The van der Waals surface area contributed by atoms with Gasteiger partial charge in [-0.2, -0.15) is 0 Å². The molecule has 1 atom stereocenters. The average Bonchev–Trinajstić information content (AvgIpc) is 2.94. The van der Waals surface area contributed by atoms with E-state index >= 15 is 0 Å². The van der Waals surface area contributed by atoms with Gasteiger partial charge in [-0.1, -0.05) is 20.3 Å². The Hall–Kier alpha value is -1.65. The number of rotatable bonds is 5. The van der Waals surface area contributed by atoms with E-state index in [0.717, 1.165) is 31.4 Å². The van der Waals surface area contributed by atoms with Crippen molar-refractivity contribution in [2.45, 2.75) is 33.1 Å². The minimum atomic E-state index is -0.710. The molecule has 1 aromatic carbocycles. The van der Waals surface area contributed by atoms with Crippen LogP contribution in [0.2, 0.25) is 0 Å². The second kappa shape index (κ2) is 6.87. The van der Waals surface area contributed by atoms with Gasteiger partial charge < -0.3 is 10.2 Å². The number of amides is 1. The molecule has 0 radical (unpaired) electrons. The number of benzene rings is 1. The quantitative estimate of drug-likeness (QED) is 0.899. The molecule has 1 N–H and O–H groups in total. The van der Waals surface area contributed by atoms with Crippen molar-refractivity contribution in [2.24, 2.45) is 5.92 Å². The van der Waals surface area contributed by atoms with E-state index in [0.29, 0.717) is 25.6 Å². The highest BCUT2D eigenvalue weighted by atomic mass is 19.1. The smallest absolute Gasteiger partial charge is 0.254 e. The lowest BCUT2D eigenvalue weighted by Crippen LogP contribution is -2.29. The predicted molar refractivity (Wildman–Crippen MR) is 79.4 cm³/mol. The van der Waals surface area contributed by atoms with Crippen LogP contribution in [0.1, 0.15) is 43.5 Å². The standard InChI is InChI=1S/C16H22F2N2O/c1-3-6-19-15-13(17)8-12(9-14(15)18)16(21)20-7-5-11(4-2)10-20/h8-9,11,19H,3-7,10H2,1-2H3. The molecule has 1 aliphatic rings. The second-order valence-electron chi connectivity index (χ2n) is 5.56. The molecule has 0 spiro atoms. The summed E-state index contributed by atoms with van der Waals surface area (Å²) in [6.07, 6.45) is 2.75. The second-order valence-corrected chi connectivity index (χ2v) is 5.56. The van der Waals surface area contributed by atoms with Crippen molar-refractivity contribution in [1.82, 2.24) is 4.90 Å². The van der Waals surface area contributed by atoms with E-state index < -0.39 is 11.6 Å². The Morgan fingerprint density at radius 2 is 2.00 bits per heavy atom. The Morgan fingerprint density at radius 1 is 1.33 bits per heavy atom. The van der Waals surface area contributed by atoms with Crippen molar-refractivity contribution in [1.29, 1.82) is 0 Å². The predicted octanol–water partition coefficient (Wildman–Crippen LogP) is 3.66. The normalized spacial score (nSPS) is 18.1. The van der Waals surface area contributed by atoms with Gasteiger partial charge in [-0.15, -0.1) is 0 Å². The summed E-state index contributed by atoms with van der Waals surface area (Å²) in [7, 11) is 0. The minimum Gasteiger partial charge on any atom is -0.380 e. The maximum atomic E-state index is 14.0. The largest absolute Gasteiger partial charge is 0.380 e. The molecule has 1 aliphatic heterocycles. The van der Waals surface area contributed by atoms with E-state index in [9.17, 15) is 13.6 Å². The summed E-state index contributed by atoms with van der Waals surface area (Å²) in [5.41, 5.74) is -0.0648. The summed E-state index contributed by atoms with van der Waals surface area (Å²) in [6.45, 7) is 5.83. The zero-order chi connectivity index (χ0) is 15.4. The first-order valence-corrected chi connectivity index (χ1v) is 7.59. The highest BCUT2D eigenvalue weighted by molar-refractivity contribution is 5.94. The Kier molecular flexibility index (Phi) is 5.15. The first-order chi connectivity index (χ1) is 10.1. The van der Waals surface area contributed by atoms with Crippen LogP contribution in [0.5, 0.6) is 0 Å². The first kappa shape index (κ1) is 15.7. The molecule has 1 amide bonds. The van der Waals surface area contributed by atoms with Crippen LogP contribution in [0.25, 0.3) is 0 Å². The molecule has 0 aliphatic carbocycles. The molecule has 5 heteroatoms. The van der Waals surface area contributed by atoms with Crippen LogP contribution in [0.3, 0.4) is 0 Å². The number of hydrogen-bond acceptors (Lipinski definition) is 2. The SMILES string of the molecule is CCCNc1c(F)cc(C(=O)N2CCC(CC)C2)cc1F. The molecule has 0 aromatic heterocycles. The molecule has 1 saturated heterocycles. The van der Waals surface area contributed by atoms with E-state index in [-0.39, 0.29) is 17.2 Å². The van der Waals surface area contributed by atoms with E-state index in [1.54, 1.807) is 4.90 Å². The summed E-state index contributed by atoms with van der Waals surface area (Å²) in [5, 5.41) is 2.71. The monoisotopic (exact) mass is 296 g/mol. The van der Waals surface area contributed by atoms with Gasteiger partial charge in [0.25, 0.3) is 5.91 Å². The van der Waals surface area contributed by atoms with Crippen LogP contribution in [-0.4, -0.2) is 30.4 Å². The van der Waals surface area contributed by atoms with Crippen molar-refractivity contribution in [3.05, 3.63) is 29.3 Å². The number of anilines is 1. The van der Waals surface area contributed by atoms with Gasteiger partial charge in [0.2, 0.25) is 0 Å². The van der Waals surface area contributed by atoms with Crippen LogP contribution < -0.4 is 5.32 Å². The van der Waals surface area contributed by atoms with Crippen molar-refractivity contribution < 1.29 is 13.6 Å². The molecule has 1 unspecified atom stereocenters. The number of halogens is 2. The number of nitrogens with one attached hydrogen (secondary N) is 1. The summed E-state index contributed by atoms with van der Waals surface area (Å²) in [4.78, 5) is 14.0. The Balaban J connectivity index is 2.15. The van der Waals surface area contributed by atoms with Crippen LogP contribution in [0.15, 0.2) is 12.1 Å². The van der Waals surface area contributed by atoms with Gasteiger partial charge in [0.1, 0.15) is 17.3 Å². The van der Waals surface area contributed by atoms with Gasteiger partial charge in [0.15, 0.2) is 0 Å². The maximum absolute atomic E-state index is 14.0. The van der Waals surface area contributed by atoms with E-state index in [1.165, 1.54) is 0 Å². The van der Waals surface area contributed by atoms with E-state index in [2.05, 4.69) is 12.2 Å². The van der Waals surface area contributed by atoms with Crippen molar-refractivity contribution in [3.63, 3.8) is 0 Å². The first-order valence-electron chi connectivity index (χ1n) is 7.59. The molecule has 0 bridgehead atoms. The number of hydrogen-bond donors (Lipinski definition) is 1. The molecule has 21 heavy (non-hydrogen) atoms. The van der Waals surface area contributed by atoms with Crippen molar-refractivity contribution in [3.8, 4) is 0 Å². The van der Waals surface area contributed by atoms with E-state index in [1.807, 2.05) is 6.92 Å². The van der Waals surface area contributed by atoms with Crippen molar-refractivity contribution in [2.75, 3.05) is 25.0 Å². The highest BCUT2D eigenvalue weighted by Crippen LogP contribution is 2.25. The van der Waals surface area contributed by atoms with Gasteiger partial charge in [-0.3, -0.25) is 4.79 Å². The molecule has 2 rings (SSSR count). The summed E-state index contributed by atoms with van der Waals surface area (Å²) >= 11 is 0. The van der Waals surface area contributed by atoms with Crippen LogP contribution in [0, 0.1) is 17.6 Å². The lowest BCUT2D eigenvalue weighted by molar-refractivity contribution is 0.0786. The third-order valence-electron chi connectivity index (χ3n) is 3.99. The van der Waals surface area contributed by atoms with Gasteiger partial charge in [0.05, 0.1) is 0 Å². The van der Waals surface area contributed by atoms with Crippen LogP contribution >= 0.6 is 0 Å². The number of carbonyl (C=O) groups excluding carboxylic acids is 1. The van der Waals surface area contributed by atoms with Crippen LogP contribution in [0.4, 0.5) is 14.5 Å². The molecule has 1 aromatic rings. The Bertz CT molecular complexity index is 496. The molecule has 0 saturated carbocycles. The zero-order valence-electron chi connectivity index (χ0n) is 12.6. The fraction of sp³-hybridized carbons (Fsp3) is 0.562. The van der Waals surface area contributed by atoms with Gasteiger partial charge in [0, 0.05) is 25.2 Å². The zero-order valence-corrected chi connectivity index (χ0v) is 12.6. The molecular formula is C16H22F2N2O. The average molecular weight is 296 g/mol.